The molecule has 2 aromatic rings. The molecular formula is C11H10N2O5S2. The Hall–Kier alpha value is -1.97. The predicted molar refractivity (Wildman–Crippen MR) is 73.2 cm³/mol. The van der Waals surface area contributed by atoms with E-state index in [1.807, 2.05) is 0 Å². The van der Waals surface area contributed by atoms with Gasteiger partial charge in [-0.25, -0.2) is 14.1 Å². The molecule has 1 heterocycles. The van der Waals surface area contributed by atoms with Crippen LogP contribution in [0.2, 0.25) is 0 Å². The minimum atomic E-state index is -4.60. The predicted octanol–water partition coefficient (Wildman–Crippen LogP) is 1.65. The van der Waals surface area contributed by atoms with Gasteiger partial charge in [0, 0.05) is 0 Å². The maximum Gasteiger partial charge on any atom is 0.360 e. The van der Waals surface area contributed by atoms with E-state index in [0.29, 0.717) is 9.87 Å². The Kier molecular flexibility index (Phi) is 4.02. The molecule has 2 N–H and O–H groups in total. The van der Waals surface area contributed by atoms with E-state index in [4.69, 9.17) is 5.11 Å². The number of hydrogen-bond donors (Lipinski definition) is 2. The van der Waals surface area contributed by atoms with Gasteiger partial charge in [-0.15, -0.1) is 11.3 Å². The molecule has 20 heavy (non-hydrogen) atoms. The van der Waals surface area contributed by atoms with Crippen LogP contribution < -0.4 is 4.31 Å². The molecule has 0 saturated heterocycles. The van der Waals surface area contributed by atoms with E-state index in [1.165, 1.54) is 5.51 Å². The number of carboxylic acids is 1. The van der Waals surface area contributed by atoms with E-state index >= 15 is 0 Å². The van der Waals surface area contributed by atoms with Crippen LogP contribution in [0.5, 0.6) is 0 Å². The molecule has 0 bridgehead atoms. The van der Waals surface area contributed by atoms with E-state index in [2.05, 4.69) is 4.98 Å². The maximum atomic E-state index is 11.5. The third kappa shape index (κ3) is 3.13. The summed E-state index contributed by atoms with van der Waals surface area (Å²) in [5.74, 6) is -1.36. The summed E-state index contributed by atoms with van der Waals surface area (Å²) in [4.78, 5) is 14.6. The van der Waals surface area contributed by atoms with Crippen LogP contribution in [0.4, 0.5) is 5.00 Å². The molecule has 1 aromatic heterocycles. The van der Waals surface area contributed by atoms with Crippen LogP contribution in [-0.2, 0) is 16.8 Å². The van der Waals surface area contributed by atoms with Crippen molar-refractivity contribution >= 4 is 32.6 Å². The smallest absolute Gasteiger partial charge is 0.360 e. The number of aromatic nitrogens is 1. The molecule has 7 nitrogen and oxygen atoms in total. The summed E-state index contributed by atoms with van der Waals surface area (Å²) in [6.07, 6.45) is 0. The summed E-state index contributed by atoms with van der Waals surface area (Å²) in [5.41, 5.74) is 1.40. The highest BCUT2D eigenvalue weighted by Crippen LogP contribution is 2.28. The summed E-state index contributed by atoms with van der Waals surface area (Å²) in [6.45, 7) is -0.178. The normalized spacial score (nSPS) is 11.2. The highest BCUT2D eigenvalue weighted by Gasteiger charge is 2.27. The van der Waals surface area contributed by atoms with Crippen molar-refractivity contribution in [3.63, 3.8) is 0 Å². The van der Waals surface area contributed by atoms with Crippen molar-refractivity contribution < 1.29 is 22.9 Å². The Balaban J connectivity index is 2.44. The van der Waals surface area contributed by atoms with Gasteiger partial charge in [-0.3, -0.25) is 4.55 Å². The topological polar surface area (TPSA) is 108 Å². The number of aromatic carboxylic acids is 1. The first-order chi connectivity index (χ1) is 9.39. The van der Waals surface area contributed by atoms with Crippen LogP contribution in [0.25, 0.3) is 0 Å². The van der Waals surface area contributed by atoms with E-state index in [9.17, 15) is 17.8 Å². The molecule has 0 fully saturated rings. The summed E-state index contributed by atoms with van der Waals surface area (Å²) < 4.78 is 32.9. The van der Waals surface area contributed by atoms with Gasteiger partial charge in [0.05, 0.1) is 12.1 Å². The first kappa shape index (κ1) is 14.4. The number of carboxylic acid groups (broad SMARTS) is 1. The second-order valence-corrected chi connectivity index (χ2v) is 5.95. The quantitative estimate of drug-likeness (QED) is 0.812. The lowest BCUT2D eigenvalue weighted by atomic mass is 10.2. The number of rotatable bonds is 5. The van der Waals surface area contributed by atoms with E-state index in [-0.39, 0.29) is 11.5 Å². The van der Waals surface area contributed by atoms with Crippen molar-refractivity contribution in [2.24, 2.45) is 0 Å². The van der Waals surface area contributed by atoms with Gasteiger partial charge in [0.2, 0.25) is 0 Å². The number of thiazole rings is 1. The highest BCUT2D eigenvalue weighted by atomic mass is 32.2. The Bertz CT molecular complexity index is 711. The summed E-state index contributed by atoms with van der Waals surface area (Å²) >= 11 is 0.827. The number of anilines is 1. The fraction of sp³-hybridized carbons (Fsp3) is 0.0909. The van der Waals surface area contributed by atoms with Crippen LogP contribution in [0.1, 0.15) is 16.1 Å². The molecule has 0 unspecified atom stereocenters. The Morgan fingerprint density at radius 2 is 1.95 bits per heavy atom. The third-order valence-electron chi connectivity index (χ3n) is 2.43. The van der Waals surface area contributed by atoms with Gasteiger partial charge in [0.15, 0.2) is 5.69 Å². The zero-order chi connectivity index (χ0) is 14.8. The molecular weight excluding hydrogens is 304 g/mol. The van der Waals surface area contributed by atoms with E-state index < -0.39 is 22.0 Å². The van der Waals surface area contributed by atoms with E-state index in [0.717, 1.165) is 11.3 Å². The summed E-state index contributed by atoms with van der Waals surface area (Å²) in [5, 5.41) is 8.84. The van der Waals surface area contributed by atoms with E-state index in [1.54, 1.807) is 30.3 Å². The Morgan fingerprint density at radius 1 is 1.30 bits per heavy atom. The fourth-order valence-corrected chi connectivity index (χ4v) is 3.28. The molecule has 0 atom stereocenters. The largest absolute Gasteiger partial charge is 0.476 e. The minimum absolute atomic E-state index is 0.135. The van der Waals surface area contributed by atoms with Crippen molar-refractivity contribution in [3.8, 4) is 0 Å². The van der Waals surface area contributed by atoms with Crippen molar-refractivity contribution in [2.75, 3.05) is 4.31 Å². The first-order valence-corrected chi connectivity index (χ1v) is 7.63. The van der Waals surface area contributed by atoms with Crippen molar-refractivity contribution in [1.82, 2.24) is 4.98 Å². The number of hydrogen-bond acceptors (Lipinski definition) is 5. The lowest BCUT2D eigenvalue weighted by molar-refractivity contribution is 0.0692. The third-order valence-corrected chi connectivity index (χ3v) is 4.26. The number of benzene rings is 1. The fourth-order valence-electron chi connectivity index (χ4n) is 1.57. The lowest BCUT2D eigenvalue weighted by Gasteiger charge is -2.19. The van der Waals surface area contributed by atoms with Crippen molar-refractivity contribution in [3.05, 3.63) is 47.1 Å². The first-order valence-electron chi connectivity index (χ1n) is 5.35. The lowest BCUT2D eigenvalue weighted by Crippen LogP contribution is -2.30. The molecule has 0 radical (unpaired) electrons. The standard InChI is InChI=1S/C11H10N2O5S2/c14-11(15)9-10(19-7-12-9)13(20(16,17)18)6-8-4-2-1-3-5-8/h1-5,7H,6H2,(H,14,15)(H,16,17,18). The van der Waals surface area contributed by atoms with Gasteiger partial charge in [-0.05, 0) is 5.56 Å². The second kappa shape index (κ2) is 5.57. The van der Waals surface area contributed by atoms with Gasteiger partial charge in [-0.1, -0.05) is 30.3 Å². The molecule has 2 rings (SSSR count). The molecule has 0 spiro atoms. The molecule has 0 aliphatic heterocycles. The van der Waals surface area contributed by atoms with Crippen molar-refractivity contribution in [2.45, 2.75) is 6.54 Å². The summed E-state index contributed by atoms with van der Waals surface area (Å²) in [6, 6.07) is 8.51. The summed E-state index contributed by atoms with van der Waals surface area (Å²) in [7, 11) is -4.60. The SMILES string of the molecule is O=C(O)c1ncsc1N(Cc1ccccc1)S(=O)(=O)O. The molecule has 0 saturated carbocycles. The van der Waals surface area contributed by atoms with Crippen LogP contribution in [0.15, 0.2) is 35.8 Å². The van der Waals surface area contributed by atoms with Gasteiger partial charge >= 0.3 is 16.3 Å². The van der Waals surface area contributed by atoms with Gasteiger partial charge < -0.3 is 5.11 Å². The average Bonchev–Trinajstić information content (AvgIpc) is 2.84. The van der Waals surface area contributed by atoms with Crippen LogP contribution in [0.3, 0.4) is 0 Å². The zero-order valence-corrected chi connectivity index (χ0v) is 11.6. The Morgan fingerprint density at radius 3 is 2.50 bits per heavy atom. The van der Waals surface area contributed by atoms with Crippen LogP contribution >= 0.6 is 11.3 Å². The van der Waals surface area contributed by atoms with Crippen LogP contribution in [-0.4, -0.2) is 29.0 Å². The van der Waals surface area contributed by atoms with Gasteiger partial charge in [0.25, 0.3) is 0 Å². The van der Waals surface area contributed by atoms with Gasteiger partial charge in [-0.2, -0.15) is 8.42 Å². The maximum absolute atomic E-state index is 11.5. The number of nitrogens with zero attached hydrogens (tertiary/aromatic N) is 2. The molecule has 9 heteroatoms. The molecule has 106 valence electrons. The van der Waals surface area contributed by atoms with Gasteiger partial charge in [0.1, 0.15) is 5.00 Å². The molecule has 0 aliphatic rings. The average molecular weight is 314 g/mol. The zero-order valence-electron chi connectivity index (χ0n) is 10.0. The highest BCUT2D eigenvalue weighted by molar-refractivity contribution is 7.87. The number of carbonyl (C=O) groups is 1. The molecule has 0 aliphatic carbocycles. The van der Waals surface area contributed by atoms with Crippen molar-refractivity contribution in [1.29, 1.82) is 0 Å². The second-order valence-electron chi connectivity index (χ2n) is 3.78. The Labute approximate surface area is 119 Å². The molecule has 0 amide bonds. The molecule has 1 aromatic carbocycles. The van der Waals surface area contributed by atoms with Crippen LogP contribution in [0, 0.1) is 0 Å². The minimum Gasteiger partial charge on any atom is -0.476 e. The monoisotopic (exact) mass is 314 g/mol.